The minimum Gasteiger partial charge on any atom is -0.480 e. The SMILES string of the molecule is Cc1cc(S(N)(=O)=O)ccc1NC(=O)COc1ccc(Cl)cc1Oc1ccc2cc(Br)ccc2c1. The summed E-state index contributed by atoms with van der Waals surface area (Å²) in [6.07, 6.45) is 0. The predicted octanol–water partition coefficient (Wildman–Crippen LogP) is 6.02. The summed E-state index contributed by atoms with van der Waals surface area (Å²) in [6.45, 7) is 1.36. The molecular weight excluding hydrogens is 556 g/mol. The minimum atomic E-state index is -3.83. The molecule has 0 fully saturated rings. The van der Waals surface area contributed by atoms with Crippen LogP contribution in [0.15, 0.2) is 82.2 Å². The normalized spacial score (nSPS) is 11.3. The van der Waals surface area contributed by atoms with Gasteiger partial charge >= 0.3 is 0 Å². The lowest BCUT2D eigenvalue weighted by Gasteiger charge is -2.14. The van der Waals surface area contributed by atoms with E-state index in [9.17, 15) is 13.2 Å². The van der Waals surface area contributed by atoms with Crippen LogP contribution in [-0.2, 0) is 14.8 Å². The van der Waals surface area contributed by atoms with E-state index in [0.29, 0.717) is 33.5 Å². The van der Waals surface area contributed by atoms with Crippen molar-refractivity contribution in [1.29, 1.82) is 0 Å². The van der Waals surface area contributed by atoms with Crippen molar-refractivity contribution in [3.05, 3.63) is 87.9 Å². The number of aryl methyl sites for hydroxylation is 1. The molecule has 4 rings (SSSR count). The summed E-state index contributed by atoms with van der Waals surface area (Å²) >= 11 is 9.62. The molecule has 0 aliphatic carbocycles. The number of halogens is 2. The summed E-state index contributed by atoms with van der Waals surface area (Å²) < 4.78 is 35.7. The number of benzene rings is 4. The molecule has 0 spiro atoms. The third-order valence-corrected chi connectivity index (χ3v) is 6.71. The van der Waals surface area contributed by atoms with Crippen molar-refractivity contribution in [3.63, 3.8) is 0 Å². The predicted molar refractivity (Wildman–Crippen MR) is 140 cm³/mol. The van der Waals surface area contributed by atoms with Gasteiger partial charge in [-0.15, -0.1) is 0 Å². The van der Waals surface area contributed by atoms with Crippen LogP contribution in [0, 0.1) is 6.92 Å². The third kappa shape index (κ3) is 6.32. The van der Waals surface area contributed by atoms with E-state index in [1.165, 1.54) is 18.2 Å². The molecule has 0 saturated carbocycles. The lowest BCUT2D eigenvalue weighted by Crippen LogP contribution is -2.21. The van der Waals surface area contributed by atoms with Gasteiger partial charge in [-0.3, -0.25) is 4.79 Å². The van der Waals surface area contributed by atoms with Crippen LogP contribution in [0.4, 0.5) is 5.69 Å². The second kappa shape index (κ2) is 10.2. The highest BCUT2D eigenvalue weighted by Gasteiger charge is 2.14. The number of rotatable bonds is 7. The van der Waals surface area contributed by atoms with Crippen molar-refractivity contribution < 1.29 is 22.7 Å². The smallest absolute Gasteiger partial charge is 0.262 e. The van der Waals surface area contributed by atoms with E-state index < -0.39 is 15.9 Å². The van der Waals surface area contributed by atoms with E-state index >= 15 is 0 Å². The van der Waals surface area contributed by atoms with Crippen molar-refractivity contribution in [2.24, 2.45) is 5.14 Å². The van der Waals surface area contributed by atoms with Gasteiger partial charge in [0, 0.05) is 21.2 Å². The fourth-order valence-electron chi connectivity index (χ4n) is 3.35. The Kier molecular flexibility index (Phi) is 7.32. The Morgan fingerprint density at radius 1 is 0.971 bits per heavy atom. The Balaban J connectivity index is 1.47. The first-order valence-corrected chi connectivity index (χ1v) is 13.0. The van der Waals surface area contributed by atoms with Gasteiger partial charge in [0.05, 0.1) is 4.90 Å². The summed E-state index contributed by atoms with van der Waals surface area (Å²) in [5.41, 5.74) is 0.991. The Labute approximate surface area is 216 Å². The number of amides is 1. The second-order valence-electron chi connectivity index (χ2n) is 7.70. The van der Waals surface area contributed by atoms with Gasteiger partial charge in [0.25, 0.3) is 5.91 Å². The molecule has 180 valence electrons. The topological polar surface area (TPSA) is 108 Å². The maximum atomic E-state index is 12.5. The van der Waals surface area contributed by atoms with E-state index in [-0.39, 0.29) is 11.5 Å². The van der Waals surface area contributed by atoms with E-state index in [0.717, 1.165) is 15.2 Å². The number of ether oxygens (including phenoxy) is 2. The Morgan fingerprint density at radius 2 is 1.71 bits per heavy atom. The monoisotopic (exact) mass is 574 g/mol. The molecule has 0 aliphatic heterocycles. The van der Waals surface area contributed by atoms with Crippen LogP contribution in [-0.4, -0.2) is 20.9 Å². The number of fused-ring (bicyclic) bond motifs is 1. The largest absolute Gasteiger partial charge is 0.480 e. The van der Waals surface area contributed by atoms with E-state index in [2.05, 4.69) is 21.2 Å². The molecule has 0 heterocycles. The molecule has 0 radical (unpaired) electrons. The molecule has 0 bridgehead atoms. The maximum absolute atomic E-state index is 12.5. The van der Waals surface area contributed by atoms with Gasteiger partial charge in [-0.1, -0.05) is 39.7 Å². The zero-order valence-electron chi connectivity index (χ0n) is 18.4. The number of sulfonamides is 1. The van der Waals surface area contributed by atoms with Crippen molar-refractivity contribution in [3.8, 4) is 17.2 Å². The van der Waals surface area contributed by atoms with Crippen LogP contribution in [0.2, 0.25) is 5.02 Å². The molecule has 0 saturated heterocycles. The molecule has 7 nitrogen and oxygen atoms in total. The molecule has 4 aromatic rings. The number of carbonyl (C=O) groups is 1. The number of carbonyl (C=O) groups excluding carboxylic acids is 1. The molecule has 1 amide bonds. The first-order chi connectivity index (χ1) is 16.6. The standard InChI is InChI=1S/C25H20BrClN2O5S/c1-15-10-21(35(28,31)32)7-8-22(15)29-25(30)14-33-23-9-5-19(27)13-24(23)34-20-6-3-16-11-18(26)4-2-17(16)12-20/h2-13H,14H2,1H3,(H,29,30)(H2,28,31,32). The van der Waals surface area contributed by atoms with Crippen LogP contribution < -0.4 is 19.9 Å². The summed E-state index contributed by atoms with van der Waals surface area (Å²) in [5.74, 6) is 0.841. The lowest BCUT2D eigenvalue weighted by molar-refractivity contribution is -0.118. The van der Waals surface area contributed by atoms with E-state index in [1.54, 1.807) is 25.1 Å². The van der Waals surface area contributed by atoms with Crippen LogP contribution in [0.25, 0.3) is 10.8 Å². The number of primary sulfonamides is 1. The Hall–Kier alpha value is -3.11. The van der Waals surface area contributed by atoms with Crippen molar-refractivity contribution >= 4 is 59.9 Å². The summed E-state index contributed by atoms with van der Waals surface area (Å²) in [5, 5.41) is 10.3. The molecule has 10 heteroatoms. The molecular formula is C25H20BrClN2O5S. The van der Waals surface area contributed by atoms with Crippen LogP contribution >= 0.6 is 27.5 Å². The maximum Gasteiger partial charge on any atom is 0.262 e. The third-order valence-electron chi connectivity index (χ3n) is 5.07. The fraction of sp³-hybridized carbons (Fsp3) is 0.0800. The molecule has 0 aliphatic rings. The van der Waals surface area contributed by atoms with Gasteiger partial charge in [-0.2, -0.15) is 0 Å². The summed E-state index contributed by atoms with van der Waals surface area (Å²) in [7, 11) is -3.83. The number of hydrogen-bond donors (Lipinski definition) is 2. The summed E-state index contributed by atoms with van der Waals surface area (Å²) in [6, 6.07) is 20.7. The van der Waals surface area contributed by atoms with Crippen molar-refractivity contribution in [2.75, 3.05) is 11.9 Å². The van der Waals surface area contributed by atoms with Gasteiger partial charge in [0.2, 0.25) is 10.0 Å². The van der Waals surface area contributed by atoms with Gasteiger partial charge in [0.15, 0.2) is 18.1 Å². The fourth-order valence-corrected chi connectivity index (χ4v) is 4.49. The van der Waals surface area contributed by atoms with Gasteiger partial charge < -0.3 is 14.8 Å². The van der Waals surface area contributed by atoms with Crippen molar-refractivity contribution in [1.82, 2.24) is 0 Å². The van der Waals surface area contributed by atoms with Gasteiger partial charge in [0.1, 0.15) is 5.75 Å². The molecule has 4 aromatic carbocycles. The summed E-state index contributed by atoms with van der Waals surface area (Å²) in [4.78, 5) is 12.4. The van der Waals surface area contributed by atoms with Crippen LogP contribution in [0.1, 0.15) is 5.56 Å². The van der Waals surface area contributed by atoms with Crippen LogP contribution in [0.3, 0.4) is 0 Å². The van der Waals surface area contributed by atoms with Crippen LogP contribution in [0.5, 0.6) is 17.2 Å². The van der Waals surface area contributed by atoms with Gasteiger partial charge in [-0.25, -0.2) is 13.6 Å². The molecule has 3 N–H and O–H groups in total. The van der Waals surface area contributed by atoms with E-state index in [4.69, 9.17) is 26.2 Å². The average Bonchev–Trinajstić information content (AvgIpc) is 2.79. The number of nitrogens with one attached hydrogen (secondary N) is 1. The number of anilines is 1. The first-order valence-electron chi connectivity index (χ1n) is 10.3. The molecule has 0 unspecified atom stereocenters. The Morgan fingerprint density at radius 3 is 2.46 bits per heavy atom. The highest BCUT2D eigenvalue weighted by Crippen LogP contribution is 2.35. The quantitative estimate of drug-likeness (QED) is 0.280. The second-order valence-corrected chi connectivity index (χ2v) is 10.6. The molecule has 35 heavy (non-hydrogen) atoms. The lowest BCUT2D eigenvalue weighted by atomic mass is 10.1. The number of hydrogen-bond acceptors (Lipinski definition) is 5. The number of nitrogens with two attached hydrogens (primary N) is 1. The molecule has 0 aromatic heterocycles. The van der Waals surface area contributed by atoms with Gasteiger partial charge in [-0.05, 0) is 77.9 Å². The van der Waals surface area contributed by atoms with Crippen molar-refractivity contribution in [2.45, 2.75) is 11.8 Å². The Bertz CT molecular complexity index is 1540. The molecule has 0 atom stereocenters. The zero-order chi connectivity index (χ0) is 25.2. The first kappa shape index (κ1) is 25.0. The zero-order valence-corrected chi connectivity index (χ0v) is 21.6. The highest BCUT2D eigenvalue weighted by atomic mass is 79.9. The minimum absolute atomic E-state index is 0.0338. The van der Waals surface area contributed by atoms with E-state index in [1.807, 2.05) is 36.4 Å². The average molecular weight is 576 g/mol. The highest BCUT2D eigenvalue weighted by molar-refractivity contribution is 9.10.